The molecular weight excluding hydrogens is 408 g/mol. The molecule has 3 aromatic rings. The Balaban J connectivity index is 1.66. The van der Waals surface area contributed by atoms with Gasteiger partial charge >= 0.3 is 0 Å². The van der Waals surface area contributed by atoms with Crippen LogP contribution in [-0.4, -0.2) is 20.4 Å². The van der Waals surface area contributed by atoms with Crippen LogP contribution < -0.4 is 9.62 Å². The van der Waals surface area contributed by atoms with Crippen LogP contribution in [0.1, 0.15) is 11.1 Å². The van der Waals surface area contributed by atoms with Crippen molar-refractivity contribution in [3.05, 3.63) is 95.0 Å². The fourth-order valence-electron chi connectivity index (χ4n) is 3.49. The highest BCUT2D eigenvalue weighted by Crippen LogP contribution is 2.30. The summed E-state index contributed by atoms with van der Waals surface area (Å²) in [5, 5.41) is 0.585. The lowest BCUT2D eigenvalue weighted by molar-refractivity contribution is -0.120. The lowest BCUT2D eigenvalue weighted by Crippen LogP contribution is -2.52. The topological polar surface area (TPSA) is 66.5 Å². The maximum Gasteiger partial charge on any atom is 0.245 e. The molecule has 148 valence electrons. The molecular formula is C22H19ClN2O3S. The first kappa shape index (κ1) is 19.6. The van der Waals surface area contributed by atoms with Crippen LogP contribution in [0.5, 0.6) is 0 Å². The molecule has 3 aromatic carbocycles. The molecule has 0 aromatic heterocycles. The summed E-state index contributed by atoms with van der Waals surface area (Å²) in [5.41, 5.74) is 2.56. The Bertz CT molecular complexity index is 1150. The summed E-state index contributed by atoms with van der Waals surface area (Å²) in [6, 6.07) is 22.0. The molecule has 0 saturated carbocycles. The van der Waals surface area contributed by atoms with Crippen LogP contribution in [0.4, 0.5) is 5.69 Å². The third-order valence-corrected chi connectivity index (χ3v) is 6.57. The average molecular weight is 427 g/mol. The molecule has 29 heavy (non-hydrogen) atoms. The first-order valence-corrected chi connectivity index (χ1v) is 11.0. The van der Waals surface area contributed by atoms with Gasteiger partial charge in [0.15, 0.2) is 0 Å². The normalized spacial score (nSPS) is 16.5. The fourth-order valence-corrected chi connectivity index (χ4v) is 4.91. The number of fused-ring (bicyclic) bond motifs is 1. The van der Waals surface area contributed by atoms with Crippen LogP contribution >= 0.6 is 11.6 Å². The fraction of sp³-hybridized carbons (Fsp3) is 0.136. The first-order valence-electron chi connectivity index (χ1n) is 9.15. The Kier molecular flexibility index (Phi) is 5.41. The predicted molar refractivity (Wildman–Crippen MR) is 113 cm³/mol. The van der Waals surface area contributed by atoms with E-state index in [1.165, 1.54) is 12.1 Å². The van der Waals surface area contributed by atoms with E-state index >= 15 is 0 Å². The van der Waals surface area contributed by atoms with Crippen molar-refractivity contribution in [2.45, 2.75) is 23.9 Å². The van der Waals surface area contributed by atoms with Crippen LogP contribution in [0.2, 0.25) is 5.02 Å². The summed E-state index contributed by atoms with van der Waals surface area (Å²) >= 11 is 6.09. The minimum Gasteiger partial charge on any atom is -0.306 e. The molecule has 0 bridgehead atoms. The van der Waals surface area contributed by atoms with Crippen molar-refractivity contribution in [1.29, 1.82) is 0 Å². The van der Waals surface area contributed by atoms with E-state index in [1.54, 1.807) is 35.2 Å². The number of hydrogen-bond donors (Lipinski definition) is 1. The van der Waals surface area contributed by atoms with Gasteiger partial charge in [-0.2, -0.15) is 4.72 Å². The largest absolute Gasteiger partial charge is 0.306 e. The summed E-state index contributed by atoms with van der Waals surface area (Å²) in [4.78, 5) is 15.0. The van der Waals surface area contributed by atoms with Crippen molar-refractivity contribution < 1.29 is 13.2 Å². The molecule has 1 aliphatic heterocycles. The summed E-state index contributed by atoms with van der Waals surface area (Å²) in [6.45, 7) is 0.306. The first-order chi connectivity index (χ1) is 13.9. The Morgan fingerprint density at radius 1 is 0.966 bits per heavy atom. The summed E-state index contributed by atoms with van der Waals surface area (Å²) in [7, 11) is -3.82. The SMILES string of the molecule is O=C1C(NS(=O)(=O)c2ccccc2)Cc2ccccc2N1Cc1cccc(Cl)c1. The van der Waals surface area contributed by atoms with Gasteiger partial charge in [-0.25, -0.2) is 8.42 Å². The Morgan fingerprint density at radius 2 is 1.69 bits per heavy atom. The third kappa shape index (κ3) is 4.19. The van der Waals surface area contributed by atoms with E-state index in [9.17, 15) is 13.2 Å². The smallest absolute Gasteiger partial charge is 0.245 e. The van der Waals surface area contributed by atoms with Crippen molar-refractivity contribution >= 4 is 33.2 Å². The monoisotopic (exact) mass is 426 g/mol. The molecule has 1 N–H and O–H groups in total. The van der Waals surface area contributed by atoms with Gasteiger partial charge in [0.25, 0.3) is 0 Å². The zero-order valence-electron chi connectivity index (χ0n) is 15.5. The van der Waals surface area contributed by atoms with Gasteiger partial charge in [-0.05, 0) is 47.9 Å². The van der Waals surface area contributed by atoms with Crippen molar-refractivity contribution in [3.8, 4) is 0 Å². The van der Waals surface area contributed by atoms with E-state index < -0.39 is 16.1 Å². The van der Waals surface area contributed by atoms with Gasteiger partial charge in [0, 0.05) is 10.7 Å². The number of nitrogens with one attached hydrogen (secondary N) is 1. The van der Waals surface area contributed by atoms with Gasteiger partial charge in [0.2, 0.25) is 15.9 Å². The van der Waals surface area contributed by atoms with E-state index in [2.05, 4.69) is 4.72 Å². The third-order valence-electron chi connectivity index (χ3n) is 4.85. The quantitative estimate of drug-likeness (QED) is 0.675. The van der Waals surface area contributed by atoms with Gasteiger partial charge in [0.1, 0.15) is 6.04 Å². The van der Waals surface area contributed by atoms with Gasteiger partial charge in [-0.1, -0.05) is 60.1 Å². The molecule has 7 heteroatoms. The van der Waals surface area contributed by atoms with Crippen molar-refractivity contribution in [2.75, 3.05) is 4.90 Å². The number of sulfonamides is 1. The van der Waals surface area contributed by atoms with E-state index in [1.807, 2.05) is 36.4 Å². The molecule has 0 saturated heterocycles. The van der Waals surface area contributed by atoms with E-state index in [-0.39, 0.29) is 10.8 Å². The standard InChI is InChI=1S/C22H19ClN2O3S/c23-18-9-6-7-16(13-18)15-25-21-12-5-4-8-17(21)14-20(22(25)26)24-29(27,28)19-10-2-1-3-11-19/h1-13,20,24H,14-15H2. The highest BCUT2D eigenvalue weighted by atomic mass is 35.5. The maximum atomic E-state index is 13.3. The highest BCUT2D eigenvalue weighted by molar-refractivity contribution is 7.89. The number of carbonyl (C=O) groups is 1. The minimum atomic E-state index is -3.82. The molecule has 4 rings (SSSR count). The van der Waals surface area contributed by atoms with Crippen LogP contribution in [0.25, 0.3) is 0 Å². The number of rotatable bonds is 5. The van der Waals surface area contributed by atoms with Crippen LogP contribution in [0.15, 0.2) is 83.8 Å². The number of carbonyl (C=O) groups excluding carboxylic acids is 1. The molecule has 1 amide bonds. The lowest BCUT2D eigenvalue weighted by Gasteiger charge is -2.34. The van der Waals surface area contributed by atoms with Crippen LogP contribution in [0, 0.1) is 0 Å². The second-order valence-electron chi connectivity index (χ2n) is 6.87. The Labute approximate surface area is 175 Å². The molecule has 1 atom stereocenters. The van der Waals surface area contributed by atoms with E-state index in [0.717, 1.165) is 16.8 Å². The Morgan fingerprint density at radius 3 is 2.45 bits per heavy atom. The molecule has 0 aliphatic carbocycles. The summed E-state index contributed by atoms with van der Waals surface area (Å²) in [5.74, 6) is -0.289. The molecule has 0 fully saturated rings. The number of hydrogen-bond acceptors (Lipinski definition) is 3. The van der Waals surface area contributed by atoms with Crippen molar-refractivity contribution in [2.24, 2.45) is 0 Å². The van der Waals surface area contributed by atoms with E-state index in [0.29, 0.717) is 18.0 Å². The maximum absolute atomic E-state index is 13.3. The zero-order chi connectivity index (χ0) is 20.4. The molecule has 0 spiro atoms. The van der Waals surface area contributed by atoms with Crippen molar-refractivity contribution in [1.82, 2.24) is 4.72 Å². The summed E-state index contributed by atoms with van der Waals surface area (Å²) in [6.07, 6.45) is 0.299. The van der Waals surface area contributed by atoms with Gasteiger partial charge in [0.05, 0.1) is 11.4 Å². The molecule has 1 unspecified atom stereocenters. The second kappa shape index (κ2) is 7.99. The van der Waals surface area contributed by atoms with Crippen LogP contribution in [0.3, 0.4) is 0 Å². The number of anilines is 1. The average Bonchev–Trinajstić information content (AvgIpc) is 2.72. The number of amides is 1. The van der Waals surface area contributed by atoms with Gasteiger partial charge in [-0.3, -0.25) is 4.79 Å². The van der Waals surface area contributed by atoms with Crippen LogP contribution in [-0.2, 0) is 27.8 Å². The summed E-state index contributed by atoms with van der Waals surface area (Å²) < 4.78 is 28.1. The number of halogens is 1. The zero-order valence-corrected chi connectivity index (χ0v) is 17.0. The van der Waals surface area contributed by atoms with Gasteiger partial charge in [-0.15, -0.1) is 0 Å². The number of benzene rings is 3. The minimum absolute atomic E-state index is 0.132. The molecule has 1 heterocycles. The lowest BCUT2D eigenvalue weighted by atomic mass is 9.97. The molecule has 1 aliphatic rings. The molecule has 0 radical (unpaired) electrons. The molecule has 5 nitrogen and oxygen atoms in total. The van der Waals surface area contributed by atoms with Gasteiger partial charge < -0.3 is 4.90 Å². The van der Waals surface area contributed by atoms with Crippen molar-refractivity contribution in [3.63, 3.8) is 0 Å². The number of para-hydroxylation sites is 1. The number of nitrogens with zero attached hydrogens (tertiary/aromatic N) is 1. The highest BCUT2D eigenvalue weighted by Gasteiger charge is 2.35. The predicted octanol–water partition coefficient (Wildman–Crippen LogP) is 3.78. The van der Waals surface area contributed by atoms with E-state index in [4.69, 9.17) is 11.6 Å². The Hall–Kier alpha value is -2.67. The second-order valence-corrected chi connectivity index (χ2v) is 9.02.